The topological polar surface area (TPSA) is 165 Å². The smallest absolute Gasteiger partial charge is 0.370 e. The quantitative estimate of drug-likeness (QED) is 0.188. The number of ether oxygens (including phenoxy) is 5. The van der Waals surface area contributed by atoms with E-state index < -0.39 is 53.6 Å². The molecule has 5 rings (SSSR count). The van der Waals surface area contributed by atoms with Gasteiger partial charge in [-0.15, -0.1) is 5.10 Å². The fraction of sp³-hybridized carbons (Fsp3) is 0.435. The second-order valence-electron chi connectivity index (χ2n) is 8.79. The van der Waals surface area contributed by atoms with Crippen LogP contribution < -0.4 is 5.73 Å². The predicted molar refractivity (Wildman–Crippen MR) is 131 cm³/mol. The number of alkyl halides is 3. The van der Waals surface area contributed by atoms with Crippen LogP contribution in [0.4, 0.5) is 19.1 Å². The van der Waals surface area contributed by atoms with Crippen LogP contribution >= 0.6 is 11.6 Å². The molecule has 0 bridgehead atoms. The first-order chi connectivity index (χ1) is 19.2. The van der Waals surface area contributed by atoms with Gasteiger partial charge < -0.3 is 29.4 Å². The van der Waals surface area contributed by atoms with Crippen molar-refractivity contribution in [2.75, 3.05) is 32.9 Å². The van der Waals surface area contributed by atoms with Gasteiger partial charge in [-0.25, -0.2) is 9.67 Å². The van der Waals surface area contributed by atoms with E-state index in [9.17, 15) is 18.7 Å². The van der Waals surface area contributed by atoms with Gasteiger partial charge in [0.25, 0.3) is 0 Å². The molecule has 1 unspecified atom stereocenters. The number of nitrogen functional groups attached to an aromatic ring is 1. The van der Waals surface area contributed by atoms with E-state index in [1.807, 2.05) is 0 Å². The SMILES string of the molecule is COCO[C@H]1CO[C@@H]2COC(c3ccccc3)O[C@@]2(c2nc(N)nn2-c2cc(Cl)cnc2C(F)(F)F)[C@@H]1N=[N+]=[N-]. The van der Waals surface area contributed by atoms with Crippen molar-refractivity contribution >= 4 is 17.5 Å². The van der Waals surface area contributed by atoms with Crippen molar-refractivity contribution < 1.29 is 36.9 Å². The molecule has 5 atom stereocenters. The first-order valence-corrected chi connectivity index (χ1v) is 12.1. The van der Waals surface area contributed by atoms with E-state index in [0.717, 1.165) is 16.9 Å². The number of pyridine rings is 1. The molecule has 17 heteroatoms. The molecule has 0 saturated carbocycles. The molecule has 40 heavy (non-hydrogen) atoms. The predicted octanol–water partition coefficient (Wildman–Crippen LogP) is 3.92. The summed E-state index contributed by atoms with van der Waals surface area (Å²) in [5.74, 6) is -0.667. The van der Waals surface area contributed by atoms with E-state index in [4.69, 9.17) is 41.0 Å². The molecule has 4 heterocycles. The van der Waals surface area contributed by atoms with Gasteiger partial charge in [-0.05, 0) is 11.6 Å². The zero-order chi connectivity index (χ0) is 28.5. The van der Waals surface area contributed by atoms with Gasteiger partial charge in [-0.2, -0.15) is 18.2 Å². The van der Waals surface area contributed by atoms with E-state index in [2.05, 4.69) is 25.1 Å². The van der Waals surface area contributed by atoms with E-state index >= 15 is 0 Å². The summed E-state index contributed by atoms with van der Waals surface area (Å²) in [7, 11) is 1.39. The van der Waals surface area contributed by atoms with Crippen molar-refractivity contribution in [3.8, 4) is 5.69 Å². The Bertz CT molecular complexity index is 1410. The Balaban J connectivity index is 1.77. The minimum Gasteiger partial charge on any atom is -0.370 e. The maximum atomic E-state index is 14.1. The number of anilines is 1. The van der Waals surface area contributed by atoms with Gasteiger partial charge in [0.15, 0.2) is 23.4 Å². The normalized spacial score (nSPS) is 26.6. The van der Waals surface area contributed by atoms with Crippen LogP contribution in [-0.4, -0.2) is 65.1 Å². The third-order valence-electron chi connectivity index (χ3n) is 6.38. The minimum absolute atomic E-state index is 0.0850. The number of methoxy groups -OCH3 is 1. The molecule has 2 N–H and O–H groups in total. The Morgan fingerprint density at radius 2 is 2.05 bits per heavy atom. The molecule has 1 aromatic carbocycles. The Morgan fingerprint density at radius 3 is 2.75 bits per heavy atom. The molecule has 0 radical (unpaired) electrons. The average molecular weight is 583 g/mol. The summed E-state index contributed by atoms with van der Waals surface area (Å²) in [4.78, 5) is 10.7. The van der Waals surface area contributed by atoms with Crippen LogP contribution in [0.25, 0.3) is 16.1 Å². The van der Waals surface area contributed by atoms with E-state index in [1.54, 1.807) is 30.3 Å². The first-order valence-electron chi connectivity index (χ1n) is 11.8. The van der Waals surface area contributed by atoms with Crippen molar-refractivity contribution in [2.45, 2.75) is 36.3 Å². The molecule has 0 spiro atoms. The zero-order valence-corrected chi connectivity index (χ0v) is 21.5. The lowest BCUT2D eigenvalue weighted by molar-refractivity contribution is -0.352. The van der Waals surface area contributed by atoms with Crippen molar-refractivity contribution in [3.63, 3.8) is 0 Å². The van der Waals surface area contributed by atoms with Gasteiger partial charge in [-0.1, -0.05) is 47.0 Å². The largest absolute Gasteiger partial charge is 0.435 e. The molecular weight excluding hydrogens is 561 g/mol. The molecule has 3 aromatic rings. The fourth-order valence-electron chi connectivity index (χ4n) is 4.77. The van der Waals surface area contributed by atoms with Crippen molar-refractivity contribution in [3.05, 3.63) is 75.1 Å². The first kappa shape index (κ1) is 28.0. The van der Waals surface area contributed by atoms with Gasteiger partial charge in [0.1, 0.15) is 18.9 Å². The maximum Gasteiger partial charge on any atom is 0.435 e. The number of fused-ring (bicyclic) bond motifs is 1. The summed E-state index contributed by atoms with van der Waals surface area (Å²) >= 11 is 6.06. The van der Waals surface area contributed by atoms with E-state index in [0.29, 0.717) is 5.56 Å². The lowest BCUT2D eigenvalue weighted by Gasteiger charge is -2.52. The Morgan fingerprint density at radius 1 is 1.27 bits per heavy atom. The number of azide groups is 1. The summed E-state index contributed by atoms with van der Waals surface area (Å²) < 4.78 is 72.3. The second-order valence-corrected chi connectivity index (χ2v) is 9.23. The van der Waals surface area contributed by atoms with Gasteiger partial charge >= 0.3 is 6.18 Å². The third kappa shape index (κ3) is 5.06. The molecule has 0 amide bonds. The number of benzene rings is 1. The summed E-state index contributed by atoms with van der Waals surface area (Å²) in [6.07, 6.45) is -7.16. The molecular formula is C23H22ClF3N8O5. The van der Waals surface area contributed by atoms with Gasteiger partial charge in [0.2, 0.25) is 5.95 Å². The number of aromatic nitrogens is 4. The summed E-state index contributed by atoms with van der Waals surface area (Å²) in [5.41, 5.74) is 12.3. The maximum absolute atomic E-state index is 14.1. The summed E-state index contributed by atoms with van der Waals surface area (Å²) in [6.45, 7) is -0.422. The highest BCUT2D eigenvalue weighted by molar-refractivity contribution is 6.30. The Hall–Kier alpha value is -3.50. The van der Waals surface area contributed by atoms with Crippen LogP contribution in [0.3, 0.4) is 0 Å². The van der Waals surface area contributed by atoms with E-state index in [1.165, 1.54) is 7.11 Å². The molecule has 2 aliphatic heterocycles. The monoisotopic (exact) mass is 582 g/mol. The number of nitrogens with two attached hydrogens (primary N) is 1. The highest BCUT2D eigenvalue weighted by atomic mass is 35.5. The number of hydrogen-bond donors (Lipinski definition) is 1. The molecule has 2 aromatic heterocycles. The lowest BCUT2D eigenvalue weighted by atomic mass is 9.81. The second kappa shape index (κ2) is 11.2. The van der Waals surface area contributed by atoms with Crippen molar-refractivity contribution in [1.82, 2.24) is 19.7 Å². The standard InChI is InChI=1S/C23H22ClF3N8O5/c1-36-11-39-15-9-37-16-10-38-19(12-5-3-2-4-6-12)40-22(16,18(15)32-34-29)20-31-21(28)33-35(20)14-7-13(24)8-30-17(14)23(25,26)27/h2-8,15-16,18-19H,9-11H2,1H3,(H2,28,33)/t15-,16+,18+,19?,22+/m0/s1. The van der Waals surface area contributed by atoms with Gasteiger partial charge in [0.05, 0.1) is 30.0 Å². The van der Waals surface area contributed by atoms with Gasteiger partial charge in [-0.3, -0.25) is 0 Å². The molecule has 2 saturated heterocycles. The number of nitrogens with zero attached hydrogens (tertiary/aromatic N) is 7. The summed E-state index contributed by atoms with van der Waals surface area (Å²) in [6, 6.07) is 8.50. The van der Waals surface area contributed by atoms with Crippen LogP contribution in [-0.2, 0) is 35.5 Å². The highest BCUT2D eigenvalue weighted by Crippen LogP contribution is 2.49. The Labute approximate surface area is 229 Å². The minimum atomic E-state index is -4.91. The molecule has 0 aliphatic carbocycles. The number of hydrogen-bond acceptors (Lipinski definition) is 10. The fourth-order valence-corrected chi connectivity index (χ4v) is 4.92. The average Bonchev–Trinajstić information content (AvgIpc) is 3.34. The molecule has 212 valence electrons. The highest BCUT2D eigenvalue weighted by Gasteiger charge is 2.62. The van der Waals surface area contributed by atoms with Crippen LogP contribution in [0.1, 0.15) is 23.4 Å². The third-order valence-corrected chi connectivity index (χ3v) is 6.59. The molecule has 13 nitrogen and oxygen atoms in total. The number of rotatable bonds is 7. The molecule has 2 aliphatic rings. The van der Waals surface area contributed by atoms with Crippen LogP contribution in [0.15, 0.2) is 47.7 Å². The zero-order valence-electron chi connectivity index (χ0n) is 20.7. The van der Waals surface area contributed by atoms with E-state index in [-0.39, 0.29) is 30.9 Å². The van der Waals surface area contributed by atoms with Crippen LogP contribution in [0.5, 0.6) is 0 Å². The van der Waals surface area contributed by atoms with Crippen molar-refractivity contribution in [1.29, 1.82) is 0 Å². The van der Waals surface area contributed by atoms with Crippen LogP contribution in [0, 0.1) is 0 Å². The van der Waals surface area contributed by atoms with Gasteiger partial charge in [0, 0.05) is 23.8 Å². The number of halogens is 4. The van der Waals surface area contributed by atoms with Crippen LogP contribution in [0.2, 0.25) is 5.02 Å². The Kier molecular flexibility index (Phi) is 7.83. The summed E-state index contributed by atoms with van der Waals surface area (Å²) in [5, 5.41) is 7.90. The molecule has 2 fully saturated rings. The van der Waals surface area contributed by atoms with Crippen molar-refractivity contribution in [2.24, 2.45) is 5.11 Å². The lowest BCUT2D eigenvalue weighted by Crippen LogP contribution is -2.66.